The fourth-order valence-corrected chi connectivity index (χ4v) is 3.83. The number of amides is 1. The molecule has 0 aliphatic rings. The van der Waals surface area contributed by atoms with E-state index in [4.69, 9.17) is 16.2 Å². The third-order valence-corrected chi connectivity index (χ3v) is 5.91. The normalized spacial score (nSPS) is 11.7. The number of carboxylic acid groups (broad SMARTS) is 2. The molecule has 0 saturated carbocycles. The molecule has 0 saturated heterocycles. The standard InChI is InChI=1S/C28H33FN6O6/c1-5-35(15-32-2)25(31)10-9-21(30)26(36)34-23-12-17(24(41-4)14-19(23)28(39)40)8-6-7-16-11-22(33-3)18(27(37)38)13-20(16)29/h5,9-15,33H,1,6-8,30-31H2,2-4H3,(H,34,36)(H,37,38)(H,39,40)/b21-9-,25-10+,32-15?. The number of nitrogens with two attached hydrogens (primary N) is 2. The van der Waals surface area contributed by atoms with E-state index in [2.05, 4.69) is 22.2 Å². The molecule has 0 aromatic heterocycles. The van der Waals surface area contributed by atoms with Crippen LogP contribution in [-0.2, 0) is 17.6 Å². The van der Waals surface area contributed by atoms with Gasteiger partial charge in [-0.05, 0) is 66.8 Å². The van der Waals surface area contributed by atoms with Crippen LogP contribution >= 0.6 is 0 Å². The van der Waals surface area contributed by atoms with Crippen LogP contribution in [0.25, 0.3) is 0 Å². The maximum atomic E-state index is 14.6. The third kappa shape index (κ3) is 8.33. The van der Waals surface area contributed by atoms with Crippen molar-refractivity contribution in [3.63, 3.8) is 0 Å². The van der Waals surface area contributed by atoms with Crippen LogP contribution in [0.4, 0.5) is 15.8 Å². The zero-order valence-corrected chi connectivity index (χ0v) is 22.9. The van der Waals surface area contributed by atoms with Crippen molar-refractivity contribution in [2.24, 2.45) is 16.5 Å². The fourth-order valence-electron chi connectivity index (χ4n) is 3.83. The first kappa shape index (κ1) is 31.9. The number of halogens is 1. The summed E-state index contributed by atoms with van der Waals surface area (Å²) in [6.07, 6.45) is 6.38. The number of anilines is 2. The Morgan fingerprint density at radius 2 is 1.66 bits per heavy atom. The van der Waals surface area contributed by atoms with Crippen molar-refractivity contribution in [2.45, 2.75) is 19.3 Å². The number of hydrogen-bond donors (Lipinski definition) is 6. The molecule has 0 bridgehead atoms. The van der Waals surface area contributed by atoms with E-state index in [1.165, 1.54) is 54.9 Å². The number of allylic oxidation sites excluding steroid dienone is 2. The number of ether oxygens (including phenoxy) is 1. The number of hydrogen-bond acceptors (Lipinski definition) is 8. The highest BCUT2D eigenvalue weighted by Crippen LogP contribution is 2.30. The summed E-state index contributed by atoms with van der Waals surface area (Å²) in [6.45, 7) is 3.60. The van der Waals surface area contributed by atoms with E-state index in [0.29, 0.717) is 24.0 Å². The van der Waals surface area contributed by atoms with Gasteiger partial charge in [-0.1, -0.05) is 6.58 Å². The molecule has 0 aliphatic carbocycles. The molecule has 2 rings (SSSR count). The Hall–Kier alpha value is -5.33. The number of aliphatic imine (C=N–C) groups is 1. The van der Waals surface area contributed by atoms with Gasteiger partial charge in [0.25, 0.3) is 5.91 Å². The van der Waals surface area contributed by atoms with Gasteiger partial charge in [-0.3, -0.25) is 14.7 Å². The maximum Gasteiger partial charge on any atom is 0.337 e. The van der Waals surface area contributed by atoms with Gasteiger partial charge >= 0.3 is 11.9 Å². The lowest BCUT2D eigenvalue weighted by Gasteiger charge is -2.15. The van der Waals surface area contributed by atoms with E-state index in [1.54, 1.807) is 14.1 Å². The average molecular weight is 569 g/mol. The van der Waals surface area contributed by atoms with Crippen LogP contribution in [0.2, 0.25) is 0 Å². The minimum Gasteiger partial charge on any atom is -0.496 e. The second-order valence-electron chi connectivity index (χ2n) is 8.54. The lowest BCUT2D eigenvalue weighted by atomic mass is 9.99. The number of rotatable bonds is 14. The summed E-state index contributed by atoms with van der Waals surface area (Å²) in [5.74, 6) is -3.55. The zero-order chi connectivity index (χ0) is 30.7. The van der Waals surface area contributed by atoms with Gasteiger partial charge in [0.1, 0.15) is 17.4 Å². The van der Waals surface area contributed by atoms with E-state index in [1.807, 2.05) is 0 Å². The Balaban J connectivity index is 2.30. The summed E-state index contributed by atoms with van der Waals surface area (Å²) in [5.41, 5.74) is 12.2. The minimum absolute atomic E-state index is 0.0214. The van der Waals surface area contributed by atoms with Gasteiger partial charge in [-0.15, -0.1) is 0 Å². The molecule has 2 aromatic carbocycles. The first-order valence-electron chi connectivity index (χ1n) is 12.2. The summed E-state index contributed by atoms with van der Waals surface area (Å²) in [7, 11) is 4.46. The van der Waals surface area contributed by atoms with Crippen molar-refractivity contribution in [3.05, 3.63) is 88.8 Å². The highest BCUT2D eigenvalue weighted by atomic mass is 19.1. The molecule has 218 valence electrons. The molecule has 0 aliphatic heterocycles. The Morgan fingerprint density at radius 1 is 1.05 bits per heavy atom. The van der Waals surface area contributed by atoms with Crippen molar-refractivity contribution in [3.8, 4) is 5.75 Å². The van der Waals surface area contributed by atoms with Gasteiger partial charge in [0, 0.05) is 26.0 Å². The van der Waals surface area contributed by atoms with Crippen LogP contribution in [-0.4, -0.2) is 60.5 Å². The largest absolute Gasteiger partial charge is 0.496 e. The predicted molar refractivity (Wildman–Crippen MR) is 155 cm³/mol. The van der Waals surface area contributed by atoms with Crippen LogP contribution in [0.1, 0.15) is 38.3 Å². The van der Waals surface area contributed by atoms with E-state index in [-0.39, 0.29) is 46.2 Å². The van der Waals surface area contributed by atoms with Crippen molar-refractivity contribution >= 4 is 35.6 Å². The van der Waals surface area contributed by atoms with E-state index in [9.17, 15) is 29.0 Å². The second-order valence-corrected chi connectivity index (χ2v) is 8.54. The minimum atomic E-state index is -1.31. The predicted octanol–water partition coefficient (Wildman–Crippen LogP) is 3.13. The van der Waals surface area contributed by atoms with Crippen molar-refractivity contribution in [1.29, 1.82) is 0 Å². The number of nitrogens with zero attached hydrogens (tertiary/aromatic N) is 2. The lowest BCUT2D eigenvalue weighted by Crippen LogP contribution is -2.23. The molecule has 12 nitrogen and oxygen atoms in total. The van der Waals surface area contributed by atoms with Gasteiger partial charge < -0.3 is 37.1 Å². The monoisotopic (exact) mass is 568 g/mol. The van der Waals surface area contributed by atoms with Gasteiger partial charge in [-0.2, -0.15) is 0 Å². The van der Waals surface area contributed by atoms with E-state index >= 15 is 0 Å². The number of carbonyl (C=O) groups excluding carboxylic acids is 1. The van der Waals surface area contributed by atoms with Gasteiger partial charge in [0.15, 0.2) is 0 Å². The van der Waals surface area contributed by atoms with Gasteiger partial charge in [0.05, 0.1) is 36.0 Å². The molecule has 0 radical (unpaired) electrons. The molecule has 0 fully saturated rings. The van der Waals surface area contributed by atoms with Crippen molar-refractivity contribution in [2.75, 3.05) is 31.8 Å². The summed E-state index contributed by atoms with van der Waals surface area (Å²) >= 11 is 0. The molecular formula is C28H33FN6O6. The van der Waals surface area contributed by atoms with Gasteiger partial charge in [0.2, 0.25) is 0 Å². The van der Waals surface area contributed by atoms with Crippen LogP contribution in [0, 0.1) is 5.82 Å². The molecule has 0 heterocycles. The summed E-state index contributed by atoms with van der Waals surface area (Å²) in [4.78, 5) is 41.2. The van der Waals surface area contributed by atoms with Crippen LogP contribution < -0.4 is 26.8 Å². The molecular weight excluding hydrogens is 535 g/mol. The smallest absolute Gasteiger partial charge is 0.337 e. The highest BCUT2D eigenvalue weighted by molar-refractivity contribution is 6.07. The fraction of sp³-hybridized carbons (Fsp3) is 0.214. The molecule has 13 heteroatoms. The molecule has 1 amide bonds. The van der Waals surface area contributed by atoms with E-state index in [0.717, 1.165) is 6.07 Å². The highest BCUT2D eigenvalue weighted by Gasteiger charge is 2.19. The Morgan fingerprint density at radius 3 is 2.22 bits per heavy atom. The van der Waals surface area contributed by atoms with Crippen molar-refractivity contribution < 1.29 is 33.7 Å². The zero-order valence-electron chi connectivity index (χ0n) is 22.9. The van der Waals surface area contributed by atoms with Gasteiger partial charge in [-0.25, -0.2) is 14.0 Å². The SMILES string of the molecule is C=CN(C=NC)/C(N)=C/C=C(\N)C(=O)Nc1cc(CCCc2cc(NC)c(C(=O)O)cc2F)c(OC)cc1C(=O)O. The van der Waals surface area contributed by atoms with Crippen molar-refractivity contribution in [1.82, 2.24) is 4.90 Å². The number of carboxylic acids is 2. The molecule has 0 unspecified atom stereocenters. The Kier molecular flexibility index (Phi) is 11.4. The number of aromatic carboxylic acids is 2. The summed E-state index contributed by atoms with van der Waals surface area (Å²) < 4.78 is 19.9. The Labute approximate surface area is 236 Å². The van der Waals surface area contributed by atoms with Crippen LogP contribution in [0.5, 0.6) is 5.75 Å². The topological polar surface area (TPSA) is 193 Å². The number of benzene rings is 2. The van der Waals surface area contributed by atoms with E-state index < -0.39 is 23.7 Å². The molecule has 41 heavy (non-hydrogen) atoms. The van der Waals surface area contributed by atoms with Crippen LogP contribution in [0.3, 0.4) is 0 Å². The number of nitrogens with one attached hydrogen (secondary N) is 2. The first-order chi connectivity index (χ1) is 19.5. The molecule has 0 spiro atoms. The number of aryl methyl sites for hydroxylation is 2. The summed E-state index contributed by atoms with van der Waals surface area (Å²) in [5, 5.41) is 24.2. The maximum absolute atomic E-state index is 14.6. The third-order valence-electron chi connectivity index (χ3n) is 5.91. The summed E-state index contributed by atoms with van der Waals surface area (Å²) in [6, 6.07) is 5.14. The second kappa shape index (κ2) is 14.7. The Bertz CT molecular complexity index is 1420. The molecule has 0 atom stereocenters. The number of carbonyl (C=O) groups is 3. The molecule has 8 N–H and O–H groups in total. The van der Waals surface area contributed by atoms with Crippen LogP contribution in [0.15, 0.2) is 65.7 Å². The quantitative estimate of drug-likeness (QED) is 0.0853. The molecule has 2 aromatic rings. The lowest BCUT2D eigenvalue weighted by molar-refractivity contribution is -0.112. The first-order valence-corrected chi connectivity index (χ1v) is 12.2. The number of methoxy groups -OCH3 is 1. The average Bonchev–Trinajstić information content (AvgIpc) is 2.94.